The summed E-state index contributed by atoms with van der Waals surface area (Å²) in [6, 6.07) is 3.55. The molecular formula is C14H17N3O4. The Morgan fingerprint density at radius 1 is 1.38 bits per heavy atom. The highest BCUT2D eigenvalue weighted by molar-refractivity contribution is 5.32. The lowest BCUT2D eigenvalue weighted by Crippen LogP contribution is -2.15. The van der Waals surface area contributed by atoms with Gasteiger partial charge in [-0.3, -0.25) is 0 Å². The van der Waals surface area contributed by atoms with E-state index in [-0.39, 0.29) is 12.5 Å². The van der Waals surface area contributed by atoms with E-state index in [1.165, 1.54) is 0 Å². The van der Waals surface area contributed by atoms with Crippen LogP contribution in [0.3, 0.4) is 0 Å². The summed E-state index contributed by atoms with van der Waals surface area (Å²) >= 11 is 0. The molecule has 1 aliphatic rings. The molecule has 1 fully saturated rings. The minimum absolute atomic E-state index is 0.183. The molecule has 21 heavy (non-hydrogen) atoms. The molecule has 1 saturated heterocycles. The van der Waals surface area contributed by atoms with Gasteiger partial charge in [0.1, 0.15) is 0 Å². The van der Waals surface area contributed by atoms with E-state index in [2.05, 4.69) is 15.2 Å². The molecule has 112 valence electrons. The Bertz CT molecular complexity index is 581. The largest absolute Gasteiger partial charge is 0.478 e. The van der Waals surface area contributed by atoms with E-state index in [1.807, 2.05) is 0 Å². The van der Waals surface area contributed by atoms with Gasteiger partial charge in [-0.1, -0.05) is 0 Å². The van der Waals surface area contributed by atoms with Crippen LogP contribution in [0.4, 0.5) is 0 Å². The molecule has 2 aromatic rings. The topological polar surface area (TPSA) is 79.5 Å². The molecule has 1 aliphatic heterocycles. The van der Waals surface area contributed by atoms with E-state index in [9.17, 15) is 0 Å². The van der Waals surface area contributed by atoms with Crippen LogP contribution in [0.25, 0.3) is 0 Å². The van der Waals surface area contributed by atoms with E-state index in [0.29, 0.717) is 30.0 Å². The maximum Gasteiger partial charge on any atom is 0.256 e. The Morgan fingerprint density at radius 3 is 3.14 bits per heavy atom. The van der Waals surface area contributed by atoms with Crippen LogP contribution in [0.15, 0.2) is 22.7 Å². The molecule has 3 heterocycles. The third kappa shape index (κ3) is 3.30. The zero-order valence-corrected chi connectivity index (χ0v) is 11.8. The van der Waals surface area contributed by atoms with Gasteiger partial charge in [-0.15, -0.1) is 10.2 Å². The summed E-state index contributed by atoms with van der Waals surface area (Å²) < 4.78 is 21.8. The molecular weight excluding hydrogens is 274 g/mol. The molecule has 0 aliphatic carbocycles. The summed E-state index contributed by atoms with van der Waals surface area (Å²) in [5.41, 5.74) is 0. The van der Waals surface area contributed by atoms with Crippen LogP contribution in [0.2, 0.25) is 0 Å². The lowest BCUT2D eigenvalue weighted by molar-refractivity contribution is 0.0716. The average molecular weight is 291 g/mol. The van der Waals surface area contributed by atoms with Crippen LogP contribution in [0.1, 0.15) is 30.5 Å². The second-order valence-electron chi connectivity index (χ2n) is 4.75. The van der Waals surface area contributed by atoms with Gasteiger partial charge >= 0.3 is 0 Å². The highest BCUT2D eigenvalue weighted by Gasteiger charge is 2.22. The van der Waals surface area contributed by atoms with Gasteiger partial charge in [0.2, 0.25) is 5.89 Å². The van der Waals surface area contributed by atoms with Crippen molar-refractivity contribution in [3.63, 3.8) is 0 Å². The number of methoxy groups -OCH3 is 1. The summed E-state index contributed by atoms with van der Waals surface area (Å²) in [6.07, 6.45) is 3.67. The zero-order valence-electron chi connectivity index (χ0n) is 11.8. The van der Waals surface area contributed by atoms with E-state index in [0.717, 1.165) is 19.4 Å². The Balaban J connectivity index is 1.62. The molecule has 0 saturated carbocycles. The van der Waals surface area contributed by atoms with Crippen LogP contribution in [-0.4, -0.2) is 35.5 Å². The first kappa shape index (κ1) is 13.8. The number of ether oxygens (including phenoxy) is 3. The van der Waals surface area contributed by atoms with Gasteiger partial charge in [0, 0.05) is 12.8 Å². The van der Waals surface area contributed by atoms with Gasteiger partial charge in [0.25, 0.3) is 11.8 Å². The number of hydrogen-bond donors (Lipinski definition) is 0. The maximum absolute atomic E-state index is 5.63. The summed E-state index contributed by atoms with van der Waals surface area (Å²) in [6.45, 7) is 1.63. The first-order chi connectivity index (χ1) is 10.4. The van der Waals surface area contributed by atoms with E-state index in [1.54, 1.807) is 25.4 Å². The summed E-state index contributed by atoms with van der Waals surface area (Å²) in [5, 5.41) is 8.07. The number of nitrogens with zero attached hydrogens (tertiary/aromatic N) is 3. The molecule has 0 amide bonds. The van der Waals surface area contributed by atoms with Crippen molar-refractivity contribution in [3.05, 3.63) is 30.1 Å². The molecule has 1 atom stereocenters. The molecule has 3 rings (SSSR count). The van der Waals surface area contributed by atoms with Crippen molar-refractivity contribution in [3.8, 4) is 11.6 Å². The third-order valence-electron chi connectivity index (χ3n) is 3.27. The minimum Gasteiger partial charge on any atom is -0.478 e. The number of aromatic nitrogens is 3. The summed E-state index contributed by atoms with van der Waals surface area (Å²) in [5.74, 6) is 2.21. The Morgan fingerprint density at radius 2 is 2.33 bits per heavy atom. The van der Waals surface area contributed by atoms with Crippen LogP contribution < -0.4 is 9.47 Å². The number of pyridine rings is 1. The lowest BCUT2D eigenvalue weighted by atomic mass is 10.0. The molecule has 0 spiro atoms. The standard InChI is InChI=1S/C14H17N3O4/c1-18-14-11(5-2-6-15-14)20-9-12-16-17-13(21-12)10-4-3-7-19-8-10/h2,5-6,10H,3-4,7-9H2,1H3. The highest BCUT2D eigenvalue weighted by atomic mass is 16.5. The smallest absolute Gasteiger partial charge is 0.256 e. The molecule has 1 unspecified atom stereocenters. The predicted molar refractivity (Wildman–Crippen MR) is 72.2 cm³/mol. The van der Waals surface area contributed by atoms with Crippen LogP contribution in [0.5, 0.6) is 11.6 Å². The van der Waals surface area contributed by atoms with Gasteiger partial charge in [0.05, 0.1) is 19.6 Å². The Hall–Kier alpha value is -2.15. The van der Waals surface area contributed by atoms with Crippen LogP contribution in [0, 0.1) is 0 Å². The second kappa shape index (κ2) is 6.53. The molecule has 0 aromatic carbocycles. The Labute approximate surface area is 122 Å². The fraction of sp³-hybridized carbons (Fsp3) is 0.500. The molecule has 0 radical (unpaired) electrons. The molecule has 0 bridgehead atoms. The first-order valence-corrected chi connectivity index (χ1v) is 6.88. The number of hydrogen-bond acceptors (Lipinski definition) is 7. The van der Waals surface area contributed by atoms with Crippen molar-refractivity contribution < 1.29 is 18.6 Å². The van der Waals surface area contributed by atoms with Crippen LogP contribution in [-0.2, 0) is 11.3 Å². The maximum atomic E-state index is 5.63. The van der Waals surface area contributed by atoms with Crippen molar-refractivity contribution in [2.24, 2.45) is 0 Å². The molecule has 2 aromatic heterocycles. The second-order valence-corrected chi connectivity index (χ2v) is 4.75. The number of rotatable bonds is 5. The highest BCUT2D eigenvalue weighted by Crippen LogP contribution is 2.26. The average Bonchev–Trinajstić information content (AvgIpc) is 3.03. The van der Waals surface area contributed by atoms with Crippen LogP contribution >= 0.6 is 0 Å². The van der Waals surface area contributed by atoms with Crippen molar-refractivity contribution in [1.29, 1.82) is 0 Å². The Kier molecular flexibility index (Phi) is 4.30. The summed E-state index contributed by atoms with van der Waals surface area (Å²) in [7, 11) is 1.54. The van der Waals surface area contributed by atoms with Crippen molar-refractivity contribution in [2.75, 3.05) is 20.3 Å². The molecule has 7 nitrogen and oxygen atoms in total. The van der Waals surface area contributed by atoms with Gasteiger partial charge < -0.3 is 18.6 Å². The SMILES string of the molecule is COc1ncccc1OCc1nnc(C2CCCOC2)o1. The fourth-order valence-electron chi connectivity index (χ4n) is 2.20. The summed E-state index contributed by atoms with van der Waals surface area (Å²) in [4.78, 5) is 4.06. The minimum atomic E-state index is 0.183. The molecule has 0 N–H and O–H groups in total. The van der Waals surface area contributed by atoms with Gasteiger partial charge in [-0.2, -0.15) is 0 Å². The lowest BCUT2D eigenvalue weighted by Gasteiger charge is -2.18. The monoisotopic (exact) mass is 291 g/mol. The van der Waals surface area contributed by atoms with Crippen molar-refractivity contribution in [2.45, 2.75) is 25.4 Å². The van der Waals surface area contributed by atoms with Crippen molar-refractivity contribution >= 4 is 0 Å². The quantitative estimate of drug-likeness (QED) is 0.832. The van der Waals surface area contributed by atoms with Gasteiger partial charge in [-0.05, 0) is 25.0 Å². The van der Waals surface area contributed by atoms with Gasteiger partial charge in [-0.25, -0.2) is 4.98 Å². The first-order valence-electron chi connectivity index (χ1n) is 6.88. The van der Waals surface area contributed by atoms with Gasteiger partial charge in [0.15, 0.2) is 12.4 Å². The zero-order chi connectivity index (χ0) is 14.5. The van der Waals surface area contributed by atoms with E-state index < -0.39 is 0 Å². The van der Waals surface area contributed by atoms with E-state index >= 15 is 0 Å². The molecule has 7 heteroatoms. The normalized spacial score (nSPS) is 18.4. The third-order valence-corrected chi connectivity index (χ3v) is 3.27. The fourth-order valence-corrected chi connectivity index (χ4v) is 2.20. The van der Waals surface area contributed by atoms with Crippen molar-refractivity contribution in [1.82, 2.24) is 15.2 Å². The van der Waals surface area contributed by atoms with E-state index in [4.69, 9.17) is 18.6 Å². The predicted octanol–water partition coefficient (Wildman–Crippen LogP) is 1.95.